The van der Waals surface area contributed by atoms with Gasteiger partial charge in [0.1, 0.15) is 29.1 Å². The number of aromatic nitrogens is 1. The van der Waals surface area contributed by atoms with Crippen molar-refractivity contribution in [2.24, 2.45) is 0 Å². The van der Waals surface area contributed by atoms with Crippen LogP contribution in [0.25, 0.3) is 11.1 Å². The van der Waals surface area contributed by atoms with Gasteiger partial charge < -0.3 is 10.7 Å². The van der Waals surface area contributed by atoms with Crippen LogP contribution in [0.4, 0.5) is 5.82 Å². The number of hydrogen-bond donors (Lipinski definition) is 2. The lowest BCUT2D eigenvalue weighted by atomic mass is 9.97. The second kappa shape index (κ2) is 5.65. The zero-order valence-electron chi connectivity index (χ0n) is 9.87. The summed E-state index contributed by atoms with van der Waals surface area (Å²) in [4.78, 5) is 14.2. The van der Waals surface area contributed by atoms with E-state index in [9.17, 15) is 15.3 Å². The molecule has 0 aliphatic rings. The zero-order valence-corrected chi connectivity index (χ0v) is 13.6. The summed E-state index contributed by atoms with van der Waals surface area (Å²) in [7, 11) is 0. The van der Waals surface area contributed by atoms with Crippen molar-refractivity contribution in [1.29, 1.82) is 10.5 Å². The van der Waals surface area contributed by atoms with Crippen LogP contribution in [-0.4, -0.2) is 4.98 Å². The zero-order chi connectivity index (χ0) is 14.9. The number of nitriles is 2. The van der Waals surface area contributed by atoms with Gasteiger partial charge in [-0.05, 0) is 50.2 Å². The van der Waals surface area contributed by atoms with E-state index >= 15 is 0 Å². The molecule has 5 nitrogen and oxygen atoms in total. The average Bonchev–Trinajstić information content (AvgIpc) is 2.41. The lowest BCUT2D eigenvalue weighted by Gasteiger charge is -2.11. The number of H-pyrrole nitrogens is 1. The molecule has 0 spiro atoms. The van der Waals surface area contributed by atoms with E-state index in [-0.39, 0.29) is 22.5 Å². The largest absolute Gasteiger partial charge is 0.384 e. The van der Waals surface area contributed by atoms with E-state index in [1.807, 2.05) is 18.2 Å². The Morgan fingerprint density at radius 1 is 1.25 bits per heavy atom. The maximum atomic E-state index is 11.8. The smallest absolute Gasteiger partial charge is 0.268 e. The molecule has 2 rings (SSSR count). The minimum atomic E-state index is -0.607. The number of rotatable bonds is 1. The van der Waals surface area contributed by atoms with Crippen molar-refractivity contribution in [3.8, 4) is 23.3 Å². The molecule has 0 saturated heterocycles. The van der Waals surface area contributed by atoms with E-state index < -0.39 is 5.56 Å². The van der Waals surface area contributed by atoms with Crippen LogP contribution in [0.2, 0.25) is 0 Å². The maximum Gasteiger partial charge on any atom is 0.268 e. The molecule has 1 aromatic heterocycles. The van der Waals surface area contributed by atoms with Gasteiger partial charge in [-0.2, -0.15) is 10.5 Å². The fourth-order valence-electron chi connectivity index (χ4n) is 1.81. The van der Waals surface area contributed by atoms with Gasteiger partial charge in [0, 0.05) is 13.6 Å². The molecule has 0 atom stereocenters. The Kier molecular flexibility index (Phi) is 4.12. The van der Waals surface area contributed by atoms with Crippen LogP contribution in [0.3, 0.4) is 0 Å². The lowest BCUT2D eigenvalue weighted by molar-refractivity contribution is 1.21. The highest BCUT2D eigenvalue weighted by molar-refractivity contribution is 14.1. The van der Waals surface area contributed by atoms with E-state index in [0.29, 0.717) is 10.0 Å². The number of benzene rings is 1. The minimum absolute atomic E-state index is 0.0442. The fraction of sp³-hybridized carbons (Fsp3) is 0. The second-order valence-corrected chi connectivity index (χ2v) is 5.77. The van der Waals surface area contributed by atoms with Crippen molar-refractivity contribution < 1.29 is 0 Å². The highest BCUT2D eigenvalue weighted by Gasteiger charge is 2.20. The first kappa shape index (κ1) is 14.6. The minimum Gasteiger partial charge on any atom is -0.384 e. The third kappa shape index (κ3) is 2.30. The molecule has 1 aromatic carbocycles. The van der Waals surface area contributed by atoms with Crippen molar-refractivity contribution in [2.75, 3.05) is 5.73 Å². The first-order chi connectivity index (χ1) is 9.51. The number of hydrogen-bond acceptors (Lipinski definition) is 4. The molecule has 3 N–H and O–H groups in total. The van der Waals surface area contributed by atoms with Crippen molar-refractivity contribution in [3.63, 3.8) is 0 Å². The van der Waals surface area contributed by atoms with Gasteiger partial charge in [0.15, 0.2) is 0 Å². The van der Waals surface area contributed by atoms with E-state index in [1.54, 1.807) is 12.1 Å². The summed E-state index contributed by atoms with van der Waals surface area (Å²) in [5, 5.41) is 18.4. The third-order valence-corrected chi connectivity index (χ3v) is 5.18. The maximum absolute atomic E-state index is 11.8. The Balaban J connectivity index is 3.01. The molecular weight excluding hydrogens is 435 g/mol. The van der Waals surface area contributed by atoms with Gasteiger partial charge in [0.2, 0.25) is 0 Å². The Labute approximate surface area is 136 Å². The molecule has 0 saturated carbocycles. The molecule has 1 heterocycles. The Bertz CT molecular complexity index is 845. The molecular formula is C13H6BrIN4O. The topological polar surface area (TPSA) is 106 Å². The summed E-state index contributed by atoms with van der Waals surface area (Å²) >= 11 is 5.53. The lowest BCUT2D eigenvalue weighted by Crippen LogP contribution is -2.16. The van der Waals surface area contributed by atoms with E-state index in [0.717, 1.165) is 3.57 Å². The molecule has 0 aliphatic carbocycles. The Morgan fingerprint density at radius 3 is 2.50 bits per heavy atom. The number of halogens is 2. The van der Waals surface area contributed by atoms with Crippen LogP contribution >= 0.6 is 38.5 Å². The van der Waals surface area contributed by atoms with Gasteiger partial charge >= 0.3 is 0 Å². The van der Waals surface area contributed by atoms with Crippen molar-refractivity contribution in [1.82, 2.24) is 4.98 Å². The van der Waals surface area contributed by atoms with Gasteiger partial charge in [-0.1, -0.05) is 12.1 Å². The predicted octanol–water partition coefficient (Wildman–Crippen LogP) is 2.73. The molecule has 0 aliphatic heterocycles. The molecule has 7 heteroatoms. The first-order valence-electron chi connectivity index (χ1n) is 5.31. The Hall–Kier alpha value is -1.84. The van der Waals surface area contributed by atoms with Gasteiger partial charge in [0.25, 0.3) is 5.56 Å². The molecule has 0 fully saturated rings. The Morgan fingerprint density at radius 2 is 1.90 bits per heavy atom. The van der Waals surface area contributed by atoms with Gasteiger partial charge in [-0.3, -0.25) is 4.79 Å². The standard InChI is InChI=1S/C13H6BrIN4O/c14-11-6(2-1-3-9(11)15)10-7(4-16)12(18)19-13(20)8(10)5-17/h1-3H,(H3,18,19,20). The molecule has 20 heavy (non-hydrogen) atoms. The number of aromatic amines is 1. The molecule has 2 aromatic rings. The summed E-state index contributed by atoms with van der Waals surface area (Å²) in [6, 6.07) is 9.15. The summed E-state index contributed by atoms with van der Waals surface area (Å²) in [5.41, 5.74) is 5.87. The number of nitrogens with one attached hydrogen (secondary N) is 1. The number of anilines is 1. The van der Waals surface area contributed by atoms with Crippen LogP contribution in [0.1, 0.15) is 11.1 Å². The number of nitrogen functional groups attached to an aromatic ring is 1. The van der Waals surface area contributed by atoms with E-state index in [4.69, 9.17) is 5.73 Å². The summed E-state index contributed by atoms with van der Waals surface area (Å²) < 4.78 is 1.60. The SMILES string of the molecule is N#Cc1c(N)[nH]c(=O)c(C#N)c1-c1cccc(I)c1Br. The molecule has 0 radical (unpaired) electrons. The summed E-state index contributed by atoms with van der Waals surface area (Å²) in [6.07, 6.45) is 0. The van der Waals surface area contributed by atoms with Crippen LogP contribution in [0, 0.1) is 26.2 Å². The van der Waals surface area contributed by atoms with Crippen LogP contribution in [0.5, 0.6) is 0 Å². The van der Waals surface area contributed by atoms with Crippen LogP contribution in [0.15, 0.2) is 27.5 Å². The highest BCUT2D eigenvalue weighted by Crippen LogP contribution is 2.35. The van der Waals surface area contributed by atoms with Gasteiger partial charge in [0.05, 0.1) is 0 Å². The number of pyridine rings is 1. The predicted molar refractivity (Wildman–Crippen MR) is 86.8 cm³/mol. The average molecular weight is 441 g/mol. The van der Waals surface area contributed by atoms with Crippen molar-refractivity contribution >= 4 is 44.3 Å². The first-order valence-corrected chi connectivity index (χ1v) is 7.18. The monoisotopic (exact) mass is 440 g/mol. The quantitative estimate of drug-likeness (QED) is 0.664. The summed E-state index contributed by atoms with van der Waals surface area (Å²) in [5.74, 6) is -0.0442. The normalized spacial score (nSPS) is 9.80. The van der Waals surface area contributed by atoms with E-state index in [1.165, 1.54) is 0 Å². The highest BCUT2D eigenvalue weighted by atomic mass is 127. The van der Waals surface area contributed by atoms with Crippen molar-refractivity contribution in [2.45, 2.75) is 0 Å². The molecule has 0 unspecified atom stereocenters. The van der Waals surface area contributed by atoms with Crippen LogP contribution < -0.4 is 11.3 Å². The molecule has 98 valence electrons. The van der Waals surface area contributed by atoms with E-state index in [2.05, 4.69) is 43.5 Å². The van der Waals surface area contributed by atoms with Gasteiger partial charge in [-0.15, -0.1) is 0 Å². The second-order valence-electron chi connectivity index (χ2n) is 3.82. The third-order valence-electron chi connectivity index (χ3n) is 2.69. The molecule has 0 amide bonds. The van der Waals surface area contributed by atoms with Crippen molar-refractivity contribution in [3.05, 3.63) is 47.7 Å². The van der Waals surface area contributed by atoms with Gasteiger partial charge in [-0.25, -0.2) is 0 Å². The summed E-state index contributed by atoms with van der Waals surface area (Å²) in [6.45, 7) is 0. The number of nitrogens with two attached hydrogens (primary N) is 1. The number of nitrogens with zero attached hydrogens (tertiary/aromatic N) is 2. The van der Waals surface area contributed by atoms with Crippen LogP contribution in [-0.2, 0) is 0 Å². The molecule has 0 bridgehead atoms. The fourth-order valence-corrected chi connectivity index (χ4v) is 2.77.